The average molecular weight is 333 g/mol. The molecule has 18 heavy (non-hydrogen) atoms. The van der Waals surface area contributed by atoms with E-state index in [4.69, 9.17) is 48.6 Å². The number of rotatable bonds is 6. The molecule has 0 N–H and O–H groups in total. The van der Waals surface area contributed by atoms with Crippen LogP contribution >= 0.6 is 29.9 Å². The number of hydrogen-bond donors (Lipinski definition) is 0. The minimum atomic E-state index is -3.04. The van der Waals surface area contributed by atoms with Gasteiger partial charge in [-0.05, 0) is 26.0 Å². The lowest BCUT2D eigenvalue weighted by molar-refractivity contribution is 0.215. The van der Waals surface area contributed by atoms with Gasteiger partial charge in [0.25, 0.3) is 0 Å². The van der Waals surface area contributed by atoms with Crippen LogP contribution in [0.4, 0.5) is 4.39 Å². The molecule has 0 fully saturated rings. The van der Waals surface area contributed by atoms with Gasteiger partial charge in [0.05, 0.1) is 18.2 Å². The van der Waals surface area contributed by atoms with E-state index in [9.17, 15) is 4.39 Å². The maximum absolute atomic E-state index is 13.7. The Hall–Kier alpha value is 0.1000. The second kappa shape index (κ2) is 7.04. The second-order valence-corrected chi connectivity index (χ2v) is 6.85. The van der Waals surface area contributed by atoms with Crippen molar-refractivity contribution in [1.82, 2.24) is 0 Å². The van der Waals surface area contributed by atoms with Crippen LogP contribution in [0.15, 0.2) is 12.1 Å². The van der Waals surface area contributed by atoms with Gasteiger partial charge in [0, 0.05) is 16.8 Å². The molecule has 0 aliphatic carbocycles. The van der Waals surface area contributed by atoms with Gasteiger partial charge in [0.15, 0.2) is 11.6 Å². The van der Waals surface area contributed by atoms with Crippen LogP contribution in [0.2, 0.25) is 10.0 Å². The van der Waals surface area contributed by atoms with Crippen molar-refractivity contribution in [3.8, 4) is 5.75 Å². The molecule has 0 radical (unpaired) electrons. The summed E-state index contributed by atoms with van der Waals surface area (Å²) in [5.74, 6) is -0.910. The highest BCUT2D eigenvalue weighted by atomic mass is 35.5. The zero-order valence-electron chi connectivity index (χ0n) is 9.78. The molecule has 0 saturated heterocycles. The third-order valence-electron chi connectivity index (χ3n) is 1.74. The zero-order chi connectivity index (χ0) is 13.8. The van der Waals surface area contributed by atoms with Crippen molar-refractivity contribution in [2.75, 3.05) is 13.2 Å². The molecular weight excluding hydrogens is 321 g/mol. The van der Waals surface area contributed by atoms with E-state index in [0.717, 1.165) is 6.07 Å². The standard InChI is InChI=1S/C10H12Cl2FO3PS/c1-3-14-17(18,15-4-2)16-10-8(12)5-7(11)6-9(10)13/h5-6H,3-4H2,1-2H3. The van der Waals surface area contributed by atoms with Crippen LogP contribution in [0, 0.1) is 5.82 Å². The molecule has 0 saturated carbocycles. The molecule has 0 heterocycles. The van der Waals surface area contributed by atoms with Gasteiger partial charge in [0.2, 0.25) is 0 Å². The fraction of sp³-hybridized carbons (Fsp3) is 0.400. The largest absolute Gasteiger partial charge is 0.419 e. The Bertz CT molecular complexity index is 439. The molecule has 0 atom stereocenters. The van der Waals surface area contributed by atoms with E-state index in [1.165, 1.54) is 6.07 Å². The quantitative estimate of drug-likeness (QED) is 0.699. The fourth-order valence-electron chi connectivity index (χ4n) is 1.13. The van der Waals surface area contributed by atoms with Crippen molar-refractivity contribution in [2.24, 2.45) is 0 Å². The molecule has 102 valence electrons. The van der Waals surface area contributed by atoms with Crippen molar-refractivity contribution < 1.29 is 18.0 Å². The first-order valence-corrected chi connectivity index (χ1v) is 8.46. The first-order valence-electron chi connectivity index (χ1n) is 5.15. The van der Waals surface area contributed by atoms with Crippen LogP contribution in [-0.4, -0.2) is 13.2 Å². The molecule has 0 bridgehead atoms. The summed E-state index contributed by atoms with van der Waals surface area (Å²) in [5, 5.41) is 0.194. The Morgan fingerprint density at radius 1 is 1.22 bits per heavy atom. The molecule has 0 amide bonds. The van der Waals surface area contributed by atoms with Gasteiger partial charge in [-0.2, -0.15) is 0 Å². The summed E-state index contributed by atoms with van der Waals surface area (Å²) in [6.45, 7) is 1.03. The smallest absolute Gasteiger partial charge is 0.380 e. The summed E-state index contributed by atoms with van der Waals surface area (Å²) in [6.07, 6.45) is 0. The van der Waals surface area contributed by atoms with Crippen LogP contribution in [0.25, 0.3) is 0 Å². The van der Waals surface area contributed by atoms with Gasteiger partial charge in [-0.15, -0.1) is 0 Å². The summed E-state index contributed by atoms with van der Waals surface area (Å²) in [7, 11) is 0. The monoisotopic (exact) mass is 332 g/mol. The normalized spacial score (nSPS) is 11.6. The lowest BCUT2D eigenvalue weighted by atomic mass is 10.3. The summed E-state index contributed by atoms with van der Waals surface area (Å²) < 4.78 is 29.5. The number of halogens is 3. The van der Waals surface area contributed by atoms with Crippen molar-refractivity contribution in [3.05, 3.63) is 28.0 Å². The van der Waals surface area contributed by atoms with Gasteiger partial charge in [-0.25, -0.2) is 4.39 Å². The molecule has 1 aromatic carbocycles. The van der Waals surface area contributed by atoms with E-state index in [2.05, 4.69) is 0 Å². The zero-order valence-corrected chi connectivity index (χ0v) is 13.0. The van der Waals surface area contributed by atoms with E-state index >= 15 is 0 Å². The fourth-order valence-corrected chi connectivity index (χ4v) is 3.77. The van der Waals surface area contributed by atoms with Gasteiger partial charge in [0.1, 0.15) is 0 Å². The Balaban J connectivity index is 3.04. The van der Waals surface area contributed by atoms with Crippen LogP contribution in [0.1, 0.15) is 13.8 Å². The summed E-state index contributed by atoms with van der Waals surface area (Å²) >= 11 is 16.6. The highest BCUT2D eigenvalue weighted by Gasteiger charge is 2.25. The Labute approximate surface area is 120 Å². The predicted molar refractivity (Wildman–Crippen MR) is 74.6 cm³/mol. The molecule has 0 aliphatic rings. The third-order valence-corrected chi connectivity index (χ3v) is 4.65. The predicted octanol–water partition coefficient (Wildman–Crippen LogP) is 4.81. The molecule has 8 heteroatoms. The van der Waals surface area contributed by atoms with Crippen LogP contribution in [0.5, 0.6) is 5.75 Å². The number of hydrogen-bond acceptors (Lipinski definition) is 4. The summed E-state index contributed by atoms with van der Waals surface area (Å²) in [4.78, 5) is 0. The van der Waals surface area contributed by atoms with E-state index in [1.54, 1.807) is 13.8 Å². The molecular formula is C10H12Cl2FO3PS. The highest BCUT2D eigenvalue weighted by molar-refractivity contribution is 8.07. The van der Waals surface area contributed by atoms with Crippen LogP contribution in [-0.2, 0) is 20.9 Å². The lowest BCUT2D eigenvalue weighted by Gasteiger charge is -2.21. The minimum Gasteiger partial charge on any atom is -0.419 e. The van der Waals surface area contributed by atoms with E-state index in [1.807, 2.05) is 0 Å². The number of benzene rings is 1. The van der Waals surface area contributed by atoms with Gasteiger partial charge in [-0.3, -0.25) is 9.05 Å². The maximum Gasteiger partial charge on any atom is 0.380 e. The highest BCUT2D eigenvalue weighted by Crippen LogP contribution is 2.52. The summed E-state index contributed by atoms with van der Waals surface area (Å²) in [6, 6.07) is 2.44. The first kappa shape index (κ1) is 16.2. The Morgan fingerprint density at radius 3 is 2.22 bits per heavy atom. The van der Waals surface area contributed by atoms with Crippen LogP contribution in [0.3, 0.4) is 0 Å². The molecule has 3 nitrogen and oxygen atoms in total. The topological polar surface area (TPSA) is 27.7 Å². The van der Waals surface area contributed by atoms with E-state index < -0.39 is 12.5 Å². The Kier molecular flexibility index (Phi) is 6.31. The van der Waals surface area contributed by atoms with Gasteiger partial charge >= 0.3 is 6.72 Å². The molecule has 1 rings (SSSR count). The second-order valence-electron chi connectivity index (χ2n) is 3.07. The summed E-state index contributed by atoms with van der Waals surface area (Å²) in [5.41, 5.74) is 0. The maximum atomic E-state index is 13.7. The molecule has 1 aromatic rings. The van der Waals surface area contributed by atoms with Crippen molar-refractivity contribution in [3.63, 3.8) is 0 Å². The molecule has 0 unspecified atom stereocenters. The van der Waals surface area contributed by atoms with Gasteiger partial charge < -0.3 is 4.52 Å². The van der Waals surface area contributed by atoms with Crippen molar-refractivity contribution in [2.45, 2.75) is 13.8 Å². The minimum absolute atomic E-state index is 0.0219. The Morgan fingerprint density at radius 2 is 1.78 bits per heavy atom. The van der Waals surface area contributed by atoms with Gasteiger partial charge in [-0.1, -0.05) is 23.2 Å². The third kappa shape index (κ3) is 4.34. The SMILES string of the molecule is CCOP(=S)(OCC)Oc1c(F)cc(Cl)cc1Cl. The molecule has 0 aromatic heterocycles. The lowest BCUT2D eigenvalue weighted by Crippen LogP contribution is -2.03. The van der Waals surface area contributed by atoms with Crippen LogP contribution < -0.4 is 4.52 Å². The van der Waals surface area contributed by atoms with Crippen molar-refractivity contribution >= 4 is 41.7 Å². The van der Waals surface area contributed by atoms with E-state index in [0.29, 0.717) is 13.2 Å². The van der Waals surface area contributed by atoms with Crippen molar-refractivity contribution in [1.29, 1.82) is 0 Å². The average Bonchev–Trinajstić information content (AvgIpc) is 2.24. The molecule has 0 spiro atoms. The molecule has 0 aliphatic heterocycles. The first-order chi connectivity index (χ1) is 8.41. The van der Waals surface area contributed by atoms with E-state index in [-0.39, 0.29) is 15.8 Å².